The number of halogens is 3. The predicted molar refractivity (Wildman–Crippen MR) is 88.1 cm³/mol. The summed E-state index contributed by atoms with van der Waals surface area (Å²) in [6.07, 6.45) is -1.13. The van der Waals surface area contributed by atoms with Gasteiger partial charge in [-0.25, -0.2) is 0 Å². The molecule has 1 N–H and O–H groups in total. The molecule has 3 rings (SSSR count). The third-order valence-corrected chi connectivity index (χ3v) is 4.85. The molecule has 1 saturated heterocycles. The summed E-state index contributed by atoms with van der Waals surface area (Å²) < 4.78 is 41.0. The smallest absolute Gasteiger partial charge is 0.322 e. The zero-order valence-corrected chi connectivity index (χ0v) is 13.6. The molecule has 0 aliphatic carbocycles. The minimum Gasteiger partial charge on any atom is -0.322 e. The van der Waals surface area contributed by atoms with Gasteiger partial charge in [-0.05, 0) is 69.4 Å². The number of aromatic nitrogens is 1. The quantitative estimate of drug-likeness (QED) is 0.904. The summed E-state index contributed by atoms with van der Waals surface area (Å²) in [6.45, 7) is 1.93. The Kier molecular flexibility index (Phi) is 4.67. The van der Waals surface area contributed by atoms with Gasteiger partial charge in [-0.15, -0.1) is 0 Å². The molecular formula is C18H21F3N2O. The highest BCUT2D eigenvalue weighted by Gasteiger charge is 2.36. The number of benzene rings is 1. The van der Waals surface area contributed by atoms with Crippen LogP contribution in [0.2, 0.25) is 0 Å². The second kappa shape index (κ2) is 6.59. The van der Waals surface area contributed by atoms with E-state index in [9.17, 15) is 18.0 Å². The van der Waals surface area contributed by atoms with Crippen molar-refractivity contribution in [2.45, 2.75) is 31.9 Å². The van der Waals surface area contributed by atoms with E-state index >= 15 is 0 Å². The number of hydrogen-bond donors (Lipinski definition) is 1. The second-order valence-electron chi connectivity index (χ2n) is 6.69. The molecule has 1 aliphatic heterocycles. The van der Waals surface area contributed by atoms with E-state index in [0.29, 0.717) is 12.0 Å². The van der Waals surface area contributed by atoms with E-state index in [1.807, 2.05) is 0 Å². The lowest BCUT2D eigenvalue weighted by Gasteiger charge is -2.20. The van der Waals surface area contributed by atoms with Crippen molar-refractivity contribution in [3.63, 3.8) is 0 Å². The number of likely N-dealkylation sites (tertiary alicyclic amines) is 1. The van der Waals surface area contributed by atoms with Crippen LogP contribution in [-0.2, 0) is 12.6 Å². The van der Waals surface area contributed by atoms with Gasteiger partial charge in [0.05, 0.1) is 5.56 Å². The fourth-order valence-corrected chi connectivity index (χ4v) is 3.61. The summed E-state index contributed by atoms with van der Waals surface area (Å²) >= 11 is 0. The van der Waals surface area contributed by atoms with Gasteiger partial charge in [-0.2, -0.15) is 13.2 Å². The highest BCUT2D eigenvalue weighted by atomic mass is 19.4. The van der Waals surface area contributed by atoms with Crippen molar-refractivity contribution < 1.29 is 13.2 Å². The van der Waals surface area contributed by atoms with Gasteiger partial charge in [0.15, 0.2) is 0 Å². The number of alkyl halides is 3. The Balaban J connectivity index is 2.01. The molecule has 6 heteroatoms. The van der Waals surface area contributed by atoms with E-state index in [4.69, 9.17) is 0 Å². The molecule has 0 saturated carbocycles. The SMILES string of the molecule is CN1CCCC(Cc2ccc3[nH]c(=O)ccc3c2C(F)(F)F)CC1. The summed E-state index contributed by atoms with van der Waals surface area (Å²) in [5.74, 6) is 0.260. The van der Waals surface area contributed by atoms with Crippen LogP contribution in [0.1, 0.15) is 30.4 Å². The Morgan fingerprint density at radius 3 is 2.71 bits per heavy atom. The molecule has 24 heavy (non-hydrogen) atoms. The molecule has 0 radical (unpaired) electrons. The van der Waals surface area contributed by atoms with E-state index in [1.165, 1.54) is 12.1 Å². The Hall–Kier alpha value is -1.82. The lowest BCUT2D eigenvalue weighted by molar-refractivity contribution is -0.137. The van der Waals surface area contributed by atoms with Crippen LogP contribution >= 0.6 is 0 Å². The van der Waals surface area contributed by atoms with E-state index in [0.717, 1.165) is 38.4 Å². The standard InChI is InChI=1S/C18H21F3N2O/c1-23-9-2-3-12(8-10-23)11-13-4-6-15-14(5-7-16(24)22-15)17(13)18(19,20)21/h4-7,12H,2-3,8-11H2,1H3,(H,22,24). The van der Waals surface area contributed by atoms with Crippen molar-refractivity contribution in [1.29, 1.82) is 0 Å². The van der Waals surface area contributed by atoms with Crippen LogP contribution in [-0.4, -0.2) is 30.0 Å². The molecule has 2 heterocycles. The molecule has 1 fully saturated rings. The van der Waals surface area contributed by atoms with Crippen molar-refractivity contribution in [3.05, 3.63) is 45.7 Å². The average Bonchev–Trinajstić information content (AvgIpc) is 2.70. The maximum Gasteiger partial charge on any atom is 0.417 e. The van der Waals surface area contributed by atoms with Crippen molar-refractivity contribution in [2.75, 3.05) is 20.1 Å². The number of H-pyrrole nitrogens is 1. The van der Waals surface area contributed by atoms with Crippen LogP contribution < -0.4 is 5.56 Å². The monoisotopic (exact) mass is 338 g/mol. The summed E-state index contributed by atoms with van der Waals surface area (Å²) in [4.78, 5) is 16.1. The van der Waals surface area contributed by atoms with Crippen LogP contribution in [0.15, 0.2) is 29.1 Å². The Morgan fingerprint density at radius 1 is 1.17 bits per heavy atom. The fraction of sp³-hybridized carbons (Fsp3) is 0.500. The molecule has 1 atom stereocenters. The minimum atomic E-state index is -4.44. The third kappa shape index (κ3) is 3.64. The van der Waals surface area contributed by atoms with E-state index < -0.39 is 17.3 Å². The van der Waals surface area contributed by atoms with Crippen LogP contribution in [0, 0.1) is 5.92 Å². The Bertz CT molecular complexity index is 782. The second-order valence-corrected chi connectivity index (χ2v) is 6.69. The maximum atomic E-state index is 13.7. The first-order valence-electron chi connectivity index (χ1n) is 8.25. The molecule has 1 aromatic carbocycles. The molecule has 1 aromatic heterocycles. The molecule has 1 aliphatic rings. The van der Waals surface area contributed by atoms with Crippen molar-refractivity contribution in [3.8, 4) is 0 Å². The van der Waals surface area contributed by atoms with Gasteiger partial charge in [0.25, 0.3) is 0 Å². The van der Waals surface area contributed by atoms with Crippen molar-refractivity contribution >= 4 is 10.9 Å². The first kappa shape index (κ1) is 17.0. The Morgan fingerprint density at radius 2 is 1.96 bits per heavy atom. The largest absolute Gasteiger partial charge is 0.417 e. The molecule has 1 unspecified atom stereocenters. The molecular weight excluding hydrogens is 317 g/mol. The maximum absolute atomic E-state index is 13.7. The number of nitrogens with zero attached hydrogens (tertiary/aromatic N) is 1. The number of fused-ring (bicyclic) bond motifs is 1. The molecule has 2 aromatic rings. The van der Waals surface area contributed by atoms with Crippen LogP contribution in [0.4, 0.5) is 13.2 Å². The number of nitrogens with one attached hydrogen (secondary N) is 1. The topological polar surface area (TPSA) is 36.1 Å². The summed E-state index contributed by atoms with van der Waals surface area (Å²) in [6, 6.07) is 5.54. The van der Waals surface area contributed by atoms with Crippen LogP contribution in [0.25, 0.3) is 10.9 Å². The van der Waals surface area contributed by atoms with Crippen molar-refractivity contribution in [1.82, 2.24) is 9.88 Å². The summed E-state index contributed by atoms with van der Waals surface area (Å²) in [5, 5.41) is 0.0744. The first-order chi connectivity index (χ1) is 11.3. The van der Waals surface area contributed by atoms with E-state index in [2.05, 4.69) is 16.9 Å². The molecule has 0 amide bonds. The number of hydrogen-bond acceptors (Lipinski definition) is 2. The lowest BCUT2D eigenvalue weighted by atomic mass is 9.89. The molecule has 130 valence electrons. The van der Waals surface area contributed by atoms with Gasteiger partial charge in [0, 0.05) is 17.0 Å². The third-order valence-electron chi connectivity index (χ3n) is 4.85. The normalized spacial score (nSPS) is 20.2. The summed E-state index contributed by atoms with van der Waals surface area (Å²) in [7, 11) is 2.05. The molecule has 3 nitrogen and oxygen atoms in total. The van der Waals surface area contributed by atoms with Gasteiger partial charge in [-0.1, -0.05) is 6.07 Å². The minimum absolute atomic E-state index is 0.0744. The zero-order valence-electron chi connectivity index (χ0n) is 13.6. The molecule has 0 bridgehead atoms. The zero-order chi connectivity index (χ0) is 17.3. The fourth-order valence-electron chi connectivity index (χ4n) is 3.61. The van der Waals surface area contributed by atoms with Gasteiger partial charge in [0.1, 0.15) is 0 Å². The van der Waals surface area contributed by atoms with E-state index in [1.54, 1.807) is 6.07 Å². The Labute approximate surface area is 138 Å². The van der Waals surface area contributed by atoms with Crippen LogP contribution in [0.5, 0.6) is 0 Å². The highest BCUT2D eigenvalue weighted by Crippen LogP contribution is 2.38. The van der Waals surface area contributed by atoms with Gasteiger partial charge >= 0.3 is 6.18 Å². The number of pyridine rings is 1. The lowest BCUT2D eigenvalue weighted by Crippen LogP contribution is -2.19. The van der Waals surface area contributed by atoms with Gasteiger partial charge in [-0.3, -0.25) is 4.79 Å². The highest BCUT2D eigenvalue weighted by molar-refractivity contribution is 5.83. The van der Waals surface area contributed by atoms with Gasteiger partial charge < -0.3 is 9.88 Å². The van der Waals surface area contributed by atoms with Crippen LogP contribution in [0.3, 0.4) is 0 Å². The average molecular weight is 338 g/mol. The summed E-state index contributed by atoms with van der Waals surface area (Å²) in [5.41, 5.74) is -0.431. The van der Waals surface area contributed by atoms with Crippen molar-refractivity contribution in [2.24, 2.45) is 5.92 Å². The first-order valence-corrected chi connectivity index (χ1v) is 8.25. The molecule has 0 spiro atoms. The number of rotatable bonds is 2. The number of aromatic amines is 1. The predicted octanol–water partition coefficient (Wildman–Crippen LogP) is 3.82. The van der Waals surface area contributed by atoms with E-state index in [-0.39, 0.29) is 16.8 Å². The van der Waals surface area contributed by atoms with Gasteiger partial charge in [0.2, 0.25) is 5.56 Å².